The lowest BCUT2D eigenvalue weighted by Gasteiger charge is -2.18. The van der Waals surface area contributed by atoms with Crippen LogP contribution < -0.4 is 0 Å². The van der Waals surface area contributed by atoms with E-state index in [4.69, 9.17) is 9.97 Å². The van der Waals surface area contributed by atoms with E-state index in [1.807, 2.05) is 24.5 Å². The van der Waals surface area contributed by atoms with Crippen LogP contribution in [0.3, 0.4) is 0 Å². The van der Waals surface area contributed by atoms with E-state index in [1.165, 1.54) is 54.6 Å². The molecule has 0 amide bonds. The van der Waals surface area contributed by atoms with E-state index in [0.29, 0.717) is 0 Å². The number of pyridine rings is 2. The Bertz CT molecular complexity index is 3050. The van der Waals surface area contributed by atoms with Gasteiger partial charge in [0.15, 0.2) is 0 Å². The highest BCUT2D eigenvalue weighted by Crippen LogP contribution is 2.46. The first kappa shape index (κ1) is 31.0. The Balaban J connectivity index is 1.23. The molecule has 0 atom stereocenters. The van der Waals surface area contributed by atoms with Gasteiger partial charge < -0.3 is 0 Å². The molecule has 0 saturated heterocycles. The minimum Gasteiger partial charge on any atom is -0.298 e. The van der Waals surface area contributed by atoms with Gasteiger partial charge in [-0.2, -0.15) is 0 Å². The second kappa shape index (κ2) is 12.5. The molecular weight excluding hydrogens is 645 g/mol. The zero-order chi connectivity index (χ0) is 35.5. The van der Waals surface area contributed by atoms with Crippen LogP contribution in [0.1, 0.15) is 20.3 Å². The van der Waals surface area contributed by atoms with E-state index < -0.39 is 0 Å². The van der Waals surface area contributed by atoms with Crippen molar-refractivity contribution in [3.63, 3.8) is 0 Å². The topological polar surface area (TPSA) is 35.6 Å². The van der Waals surface area contributed by atoms with Gasteiger partial charge in [-0.15, -0.1) is 0 Å². The quantitative estimate of drug-likeness (QED) is 0.129. The molecule has 4 heterocycles. The lowest BCUT2D eigenvalue weighted by Crippen LogP contribution is -1.95. The summed E-state index contributed by atoms with van der Waals surface area (Å²) >= 11 is 0. The normalized spacial score (nSPS) is 12.5. The number of hydrogen-bond acceptors (Lipinski definition) is 2. The average Bonchev–Trinajstić information content (AvgIpc) is 3.72. The van der Waals surface area contributed by atoms with E-state index in [2.05, 4.69) is 169 Å². The maximum absolute atomic E-state index is 4.87. The van der Waals surface area contributed by atoms with Crippen molar-refractivity contribution < 1.29 is 0 Å². The summed E-state index contributed by atoms with van der Waals surface area (Å²) in [6.45, 7) is 4.32. The predicted molar refractivity (Wildman–Crippen MR) is 225 cm³/mol. The number of allylic oxidation sites excluding steroid dienone is 4. The van der Waals surface area contributed by atoms with E-state index in [-0.39, 0.29) is 0 Å². The van der Waals surface area contributed by atoms with Gasteiger partial charge in [0, 0.05) is 45.3 Å². The molecule has 53 heavy (non-hydrogen) atoms. The summed E-state index contributed by atoms with van der Waals surface area (Å²) in [6, 6.07) is 50.6. The van der Waals surface area contributed by atoms with Gasteiger partial charge in [0.25, 0.3) is 0 Å². The van der Waals surface area contributed by atoms with Crippen LogP contribution in [-0.4, -0.2) is 19.1 Å². The molecule has 4 heteroatoms. The van der Waals surface area contributed by atoms with Crippen molar-refractivity contribution in [2.45, 2.75) is 20.3 Å². The third kappa shape index (κ3) is 4.83. The molecule has 0 fully saturated rings. The SMILES string of the molecule is CC/C=C\C=C(/C)n1c2ccc(-c3c4ccccc4c(-c4ccc5c(c4)c4cccnc4n5-c4ccccc4)c4ccccc34)cc2c2cccnc21. The molecule has 0 aliphatic heterocycles. The summed E-state index contributed by atoms with van der Waals surface area (Å²) in [4.78, 5) is 9.73. The monoisotopic (exact) mass is 680 g/mol. The lowest BCUT2D eigenvalue weighted by molar-refractivity contribution is 1.14. The minimum absolute atomic E-state index is 0.964. The number of aromatic nitrogens is 4. The smallest absolute Gasteiger partial charge is 0.145 e. The predicted octanol–water partition coefficient (Wildman–Crippen LogP) is 13.1. The van der Waals surface area contributed by atoms with Crippen LogP contribution >= 0.6 is 0 Å². The first-order valence-corrected chi connectivity index (χ1v) is 18.3. The highest BCUT2D eigenvalue weighted by molar-refractivity contribution is 6.23. The molecule has 0 radical (unpaired) electrons. The van der Waals surface area contributed by atoms with Crippen LogP contribution in [-0.2, 0) is 0 Å². The largest absolute Gasteiger partial charge is 0.298 e. The summed E-state index contributed by atoms with van der Waals surface area (Å²) < 4.78 is 4.56. The first-order valence-electron chi connectivity index (χ1n) is 18.3. The van der Waals surface area contributed by atoms with E-state index in [0.717, 1.165) is 50.9 Å². The molecule has 0 bridgehead atoms. The molecule has 0 N–H and O–H groups in total. The molecule has 10 aromatic rings. The van der Waals surface area contributed by atoms with Crippen LogP contribution in [0.15, 0.2) is 170 Å². The van der Waals surface area contributed by atoms with E-state index in [1.54, 1.807) is 0 Å². The lowest BCUT2D eigenvalue weighted by atomic mass is 9.85. The number of fused-ring (bicyclic) bond motifs is 8. The Morgan fingerprint density at radius 1 is 0.528 bits per heavy atom. The highest BCUT2D eigenvalue weighted by Gasteiger charge is 2.20. The van der Waals surface area contributed by atoms with Crippen molar-refractivity contribution in [2.24, 2.45) is 0 Å². The summed E-state index contributed by atoms with van der Waals surface area (Å²) in [7, 11) is 0. The number of para-hydroxylation sites is 1. The highest BCUT2D eigenvalue weighted by atomic mass is 15.1. The Morgan fingerprint density at radius 2 is 1.04 bits per heavy atom. The Hall–Kier alpha value is -6.78. The van der Waals surface area contributed by atoms with Crippen molar-refractivity contribution >= 4 is 71.1 Å². The molecule has 252 valence electrons. The Morgan fingerprint density at radius 3 is 1.64 bits per heavy atom. The number of hydrogen-bond donors (Lipinski definition) is 0. The van der Waals surface area contributed by atoms with Crippen LogP contribution in [0.25, 0.3) is 99.1 Å². The van der Waals surface area contributed by atoms with Crippen molar-refractivity contribution in [3.8, 4) is 27.9 Å². The van der Waals surface area contributed by atoms with Gasteiger partial charge in [0.05, 0.1) is 11.0 Å². The van der Waals surface area contributed by atoms with E-state index in [9.17, 15) is 0 Å². The fourth-order valence-electron chi connectivity index (χ4n) is 8.37. The van der Waals surface area contributed by atoms with Crippen molar-refractivity contribution in [1.29, 1.82) is 0 Å². The second-order valence-corrected chi connectivity index (χ2v) is 13.7. The fraction of sp³-hybridized carbons (Fsp3) is 0.0612. The second-order valence-electron chi connectivity index (χ2n) is 13.7. The number of benzene rings is 6. The third-order valence-electron chi connectivity index (χ3n) is 10.6. The first-order chi connectivity index (χ1) is 26.2. The third-order valence-corrected chi connectivity index (χ3v) is 10.6. The molecule has 0 unspecified atom stereocenters. The van der Waals surface area contributed by atoms with Gasteiger partial charge in [0.1, 0.15) is 11.3 Å². The van der Waals surface area contributed by atoms with E-state index >= 15 is 0 Å². The van der Waals surface area contributed by atoms with Gasteiger partial charge in [-0.25, -0.2) is 9.97 Å². The molecule has 0 saturated carbocycles. The maximum atomic E-state index is 4.87. The molecule has 0 aliphatic rings. The van der Waals surface area contributed by atoms with Crippen molar-refractivity contribution in [2.75, 3.05) is 0 Å². The van der Waals surface area contributed by atoms with Crippen LogP contribution in [0.4, 0.5) is 0 Å². The zero-order valence-electron chi connectivity index (χ0n) is 29.7. The standard InChI is InChI=1S/C49H36N4/c1-3-4-6-15-32(2)52-44-26-24-33(30-42(44)40-22-13-28-50-48(40)52)46-36-18-9-11-20-38(36)47(39-21-12-10-19-37(39)46)34-25-27-45-43(31-34)41-23-14-29-51-49(41)53(45)35-16-7-5-8-17-35/h4-31H,3H2,1-2H3/b6-4-,32-15+. The molecular formula is C49H36N4. The van der Waals surface area contributed by atoms with Crippen LogP contribution in [0.5, 0.6) is 0 Å². The molecule has 10 rings (SSSR count). The van der Waals surface area contributed by atoms with Gasteiger partial charge in [-0.05, 0) is 124 Å². The number of nitrogens with zero attached hydrogens (tertiary/aromatic N) is 4. The molecule has 4 aromatic heterocycles. The minimum atomic E-state index is 0.964. The summed E-state index contributed by atoms with van der Waals surface area (Å²) in [6.07, 6.45) is 11.3. The van der Waals surface area contributed by atoms with Gasteiger partial charge >= 0.3 is 0 Å². The summed E-state index contributed by atoms with van der Waals surface area (Å²) in [5, 5.41) is 9.62. The molecule has 4 nitrogen and oxygen atoms in total. The van der Waals surface area contributed by atoms with Crippen molar-refractivity contribution in [1.82, 2.24) is 19.1 Å². The zero-order valence-corrected chi connectivity index (χ0v) is 29.7. The summed E-state index contributed by atoms with van der Waals surface area (Å²) in [5.74, 6) is 0. The average molecular weight is 681 g/mol. The molecule has 0 aliphatic carbocycles. The van der Waals surface area contributed by atoms with Crippen LogP contribution in [0.2, 0.25) is 0 Å². The van der Waals surface area contributed by atoms with Gasteiger partial charge in [0.2, 0.25) is 0 Å². The number of rotatable bonds is 6. The van der Waals surface area contributed by atoms with Gasteiger partial charge in [-0.3, -0.25) is 9.13 Å². The Kier molecular flexibility index (Phi) is 7.29. The maximum Gasteiger partial charge on any atom is 0.145 e. The molecule has 0 spiro atoms. The molecule has 6 aromatic carbocycles. The van der Waals surface area contributed by atoms with Crippen molar-refractivity contribution in [3.05, 3.63) is 170 Å². The van der Waals surface area contributed by atoms with Gasteiger partial charge in [-0.1, -0.05) is 97.9 Å². The summed E-state index contributed by atoms with van der Waals surface area (Å²) in [5.41, 5.74) is 11.4. The Labute approximate surface area is 307 Å². The van der Waals surface area contributed by atoms with Crippen LogP contribution in [0, 0.1) is 0 Å². The fourth-order valence-corrected chi connectivity index (χ4v) is 8.37.